The van der Waals surface area contributed by atoms with Crippen molar-refractivity contribution in [1.82, 2.24) is 9.88 Å². The highest BCUT2D eigenvalue weighted by atomic mass is 19.4. The maximum absolute atomic E-state index is 13.2. The Morgan fingerprint density at radius 1 is 1.04 bits per heavy atom. The van der Waals surface area contributed by atoms with E-state index in [-0.39, 0.29) is 0 Å². The molecule has 2 N–H and O–H groups in total. The van der Waals surface area contributed by atoms with Crippen LogP contribution in [0.5, 0.6) is 0 Å². The number of nitrogens with two attached hydrogens (primary N) is 1. The minimum atomic E-state index is -4.44. The van der Waals surface area contributed by atoms with Crippen LogP contribution in [0.15, 0.2) is 30.3 Å². The van der Waals surface area contributed by atoms with Gasteiger partial charge in [-0.2, -0.15) is 13.2 Å². The number of nitrogens with zero attached hydrogens (tertiary/aromatic N) is 3. The average Bonchev–Trinajstić information content (AvgIpc) is 2.61. The van der Waals surface area contributed by atoms with E-state index in [2.05, 4.69) is 9.88 Å². The molecule has 0 bridgehead atoms. The van der Waals surface area contributed by atoms with Crippen molar-refractivity contribution < 1.29 is 13.2 Å². The summed E-state index contributed by atoms with van der Waals surface area (Å²) in [7, 11) is 0. The second-order valence-corrected chi connectivity index (χ2v) is 6.37. The largest absolute Gasteiger partial charge is 0.433 e. The maximum Gasteiger partial charge on any atom is 0.433 e. The van der Waals surface area contributed by atoms with Crippen LogP contribution in [-0.2, 0) is 6.18 Å². The van der Waals surface area contributed by atoms with E-state index in [1.807, 2.05) is 17.0 Å². The molecule has 25 heavy (non-hydrogen) atoms. The van der Waals surface area contributed by atoms with Gasteiger partial charge in [-0.25, -0.2) is 4.98 Å². The lowest BCUT2D eigenvalue weighted by Crippen LogP contribution is -2.46. The molecule has 2 aromatic rings. The topological polar surface area (TPSA) is 45.4 Å². The predicted molar refractivity (Wildman–Crippen MR) is 93.7 cm³/mol. The van der Waals surface area contributed by atoms with Gasteiger partial charge in [-0.3, -0.25) is 4.90 Å². The summed E-state index contributed by atoms with van der Waals surface area (Å²) in [4.78, 5) is 8.18. The zero-order valence-corrected chi connectivity index (χ0v) is 14.1. The van der Waals surface area contributed by atoms with Gasteiger partial charge >= 0.3 is 6.18 Å². The second kappa shape index (κ2) is 7.58. The van der Waals surface area contributed by atoms with Crippen molar-refractivity contribution in [1.29, 1.82) is 0 Å². The van der Waals surface area contributed by atoms with Crippen LogP contribution < -0.4 is 10.6 Å². The molecule has 1 fully saturated rings. The molecule has 1 aromatic carbocycles. The first-order chi connectivity index (χ1) is 12.0. The lowest BCUT2D eigenvalue weighted by atomic mass is 10.1. The van der Waals surface area contributed by atoms with Crippen LogP contribution in [0.25, 0.3) is 10.9 Å². The smallest absolute Gasteiger partial charge is 0.368 e. The Morgan fingerprint density at radius 3 is 2.44 bits per heavy atom. The van der Waals surface area contributed by atoms with Gasteiger partial charge < -0.3 is 10.6 Å². The van der Waals surface area contributed by atoms with Crippen LogP contribution in [0.3, 0.4) is 0 Å². The molecule has 2 heterocycles. The fourth-order valence-corrected chi connectivity index (χ4v) is 3.26. The molecule has 0 amide bonds. The normalized spacial score (nSPS) is 16.6. The third-order valence-corrected chi connectivity index (χ3v) is 4.63. The van der Waals surface area contributed by atoms with E-state index in [0.29, 0.717) is 30.8 Å². The van der Waals surface area contributed by atoms with E-state index in [1.165, 1.54) is 6.07 Å². The molecule has 1 saturated heterocycles. The Bertz CT molecular complexity index is 709. The number of benzene rings is 1. The Labute approximate surface area is 145 Å². The second-order valence-electron chi connectivity index (χ2n) is 6.37. The van der Waals surface area contributed by atoms with Gasteiger partial charge in [-0.15, -0.1) is 0 Å². The van der Waals surface area contributed by atoms with Crippen LogP contribution >= 0.6 is 0 Å². The van der Waals surface area contributed by atoms with Gasteiger partial charge in [0.1, 0.15) is 5.69 Å². The highest BCUT2D eigenvalue weighted by Gasteiger charge is 2.34. The molecular formula is C18H23F3N4. The highest BCUT2D eigenvalue weighted by molar-refractivity contribution is 5.92. The molecule has 1 aromatic heterocycles. The molecule has 3 rings (SSSR count). The van der Waals surface area contributed by atoms with E-state index in [1.54, 1.807) is 12.1 Å². The van der Waals surface area contributed by atoms with Crippen molar-refractivity contribution in [3.63, 3.8) is 0 Å². The minimum absolute atomic E-state index is 0.387. The molecule has 0 aliphatic carbocycles. The number of hydrogen-bond donors (Lipinski definition) is 1. The van der Waals surface area contributed by atoms with Gasteiger partial charge in [0, 0.05) is 37.3 Å². The molecule has 136 valence electrons. The van der Waals surface area contributed by atoms with Crippen molar-refractivity contribution in [3.05, 3.63) is 36.0 Å². The molecule has 0 radical (unpaired) electrons. The monoisotopic (exact) mass is 352 g/mol. The lowest BCUT2D eigenvalue weighted by molar-refractivity contribution is -0.140. The van der Waals surface area contributed by atoms with E-state index < -0.39 is 11.9 Å². The number of para-hydroxylation sites is 1. The highest BCUT2D eigenvalue weighted by Crippen LogP contribution is 2.34. The number of aromatic nitrogens is 1. The number of halogens is 3. The number of pyridine rings is 1. The Balaban J connectivity index is 1.81. The lowest BCUT2D eigenvalue weighted by Gasteiger charge is -2.36. The molecule has 1 aliphatic heterocycles. The van der Waals surface area contributed by atoms with Gasteiger partial charge in [0.05, 0.1) is 5.52 Å². The minimum Gasteiger partial charge on any atom is -0.368 e. The zero-order chi connectivity index (χ0) is 17.9. The van der Waals surface area contributed by atoms with Gasteiger partial charge in [-0.1, -0.05) is 18.2 Å². The quantitative estimate of drug-likeness (QED) is 0.840. The molecule has 1 aliphatic rings. The first-order valence-corrected chi connectivity index (χ1v) is 8.63. The molecule has 7 heteroatoms. The van der Waals surface area contributed by atoms with Gasteiger partial charge in [-0.05, 0) is 38.1 Å². The van der Waals surface area contributed by atoms with Crippen LogP contribution in [0, 0.1) is 0 Å². The number of piperazine rings is 1. The number of unbranched alkanes of at least 4 members (excludes halogenated alkanes) is 1. The molecule has 0 unspecified atom stereocenters. The Morgan fingerprint density at radius 2 is 1.76 bits per heavy atom. The fourth-order valence-electron chi connectivity index (χ4n) is 3.26. The van der Waals surface area contributed by atoms with E-state index in [0.717, 1.165) is 37.9 Å². The summed E-state index contributed by atoms with van der Waals surface area (Å²) in [6.45, 7) is 4.83. The van der Waals surface area contributed by atoms with Gasteiger partial charge in [0.15, 0.2) is 0 Å². The van der Waals surface area contributed by atoms with Crippen LogP contribution in [0.1, 0.15) is 18.5 Å². The summed E-state index contributed by atoms with van der Waals surface area (Å²) in [6, 6.07) is 8.22. The molecular weight excluding hydrogens is 329 g/mol. The zero-order valence-electron chi connectivity index (χ0n) is 14.1. The van der Waals surface area contributed by atoms with Crippen LogP contribution in [0.4, 0.5) is 18.9 Å². The van der Waals surface area contributed by atoms with Crippen molar-refractivity contribution in [2.45, 2.75) is 19.0 Å². The van der Waals surface area contributed by atoms with Crippen molar-refractivity contribution >= 4 is 16.6 Å². The molecule has 0 spiro atoms. The standard InChI is InChI=1S/C18H23F3N4/c19-18(20,21)17-13-16(14-5-1-2-6-15(14)23-17)25-11-9-24(10-12-25)8-4-3-7-22/h1-2,5-6,13H,3-4,7-12,22H2. The van der Waals surface area contributed by atoms with Gasteiger partial charge in [0.25, 0.3) is 0 Å². The number of hydrogen-bond acceptors (Lipinski definition) is 4. The summed E-state index contributed by atoms with van der Waals surface area (Å²) in [5, 5.41) is 0.770. The number of alkyl halides is 3. The van der Waals surface area contributed by atoms with Crippen LogP contribution in [-0.4, -0.2) is 49.2 Å². The predicted octanol–water partition coefficient (Wildman–Crippen LogP) is 3.11. The van der Waals surface area contributed by atoms with Crippen molar-refractivity contribution in [3.8, 4) is 0 Å². The fraction of sp³-hybridized carbons (Fsp3) is 0.500. The van der Waals surface area contributed by atoms with E-state index in [4.69, 9.17) is 5.73 Å². The van der Waals surface area contributed by atoms with Crippen LogP contribution in [0.2, 0.25) is 0 Å². The average molecular weight is 352 g/mol. The summed E-state index contributed by atoms with van der Waals surface area (Å²) in [5.74, 6) is 0. The third-order valence-electron chi connectivity index (χ3n) is 4.63. The first kappa shape index (κ1) is 17.9. The van der Waals surface area contributed by atoms with Crippen molar-refractivity contribution in [2.24, 2.45) is 5.73 Å². The molecule has 0 saturated carbocycles. The van der Waals surface area contributed by atoms with Gasteiger partial charge in [0.2, 0.25) is 0 Å². The SMILES string of the molecule is NCCCCN1CCN(c2cc(C(F)(F)F)nc3ccccc23)CC1. The summed E-state index contributed by atoms with van der Waals surface area (Å²) < 4.78 is 39.6. The van der Waals surface area contributed by atoms with Crippen molar-refractivity contribution in [2.75, 3.05) is 44.2 Å². The summed E-state index contributed by atoms with van der Waals surface area (Å²) >= 11 is 0. The first-order valence-electron chi connectivity index (χ1n) is 8.63. The van der Waals surface area contributed by atoms with E-state index >= 15 is 0 Å². The number of rotatable bonds is 5. The Kier molecular flexibility index (Phi) is 5.44. The van der Waals surface area contributed by atoms with E-state index in [9.17, 15) is 13.2 Å². The number of fused-ring (bicyclic) bond motifs is 1. The summed E-state index contributed by atoms with van der Waals surface area (Å²) in [5.41, 5.74) is 5.70. The maximum atomic E-state index is 13.2. The molecule has 0 atom stereocenters. The summed E-state index contributed by atoms with van der Waals surface area (Å²) in [6.07, 6.45) is -2.38. The molecule has 4 nitrogen and oxygen atoms in total. The number of anilines is 1. The third kappa shape index (κ3) is 4.22. The Hall–Kier alpha value is -1.86.